The fourth-order valence-electron chi connectivity index (χ4n) is 5.69. The first-order valence-corrected chi connectivity index (χ1v) is 13.8. The van der Waals surface area contributed by atoms with Crippen molar-refractivity contribution >= 4 is 40.8 Å². The molecule has 0 saturated carbocycles. The van der Waals surface area contributed by atoms with E-state index in [1.54, 1.807) is 0 Å². The van der Waals surface area contributed by atoms with Crippen molar-refractivity contribution in [2.45, 2.75) is 50.6 Å². The minimum absolute atomic E-state index is 0.0424. The predicted molar refractivity (Wildman–Crippen MR) is 156 cm³/mol. The molecule has 7 nitrogen and oxygen atoms in total. The highest BCUT2D eigenvalue weighted by molar-refractivity contribution is 6.31. The van der Waals surface area contributed by atoms with Crippen LogP contribution in [0.15, 0.2) is 54.6 Å². The zero-order valence-electron chi connectivity index (χ0n) is 23.3. The summed E-state index contributed by atoms with van der Waals surface area (Å²) in [6.07, 6.45) is 0.307. The molecule has 0 spiro atoms. The summed E-state index contributed by atoms with van der Waals surface area (Å²) in [5.41, 5.74) is -2.18. The van der Waals surface area contributed by atoms with Crippen LogP contribution in [0, 0.1) is 28.4 Å². The molecule has 1 heterocycles. The summed E-state index contributed by atoms with van der Waals surface area (Å²) >= 11 is 12.2. The van der Waals surface area contributed by atoms with Gasteiger partial charge >= 0.3 is 5.97 Å². The number of amides is 1. The maximum atomic E-state index is 15.8. The lowest BCUT2D eigenvalue weighted by atomic mass is 9.62. The number of rotatable bonds is 7. The van der Waals surface area contributed by atoms with Gasteiger partial charge in [-0.2, -0.15) is 5.26 Å². The van der Waals surface area contributed by atoms with Crippen molar-refractivity contribution in [3.05, 3.63) is 93.0 Å². The number of carbonyl (C=O) groups is 2. The molecular formula is C31H29Cl2F2N3O4. The van der Waals surface area contributed by atoms with Gasteiger partial charge in [-0.3, -0.25) is 4.79 Å². The molecular weight excluding hydrogens is 587 g/mol. The van der Waals surface area contributed by atoms with Crippen LogP contribution in [0.25, 0.3) is 0 Å². The normalized spacial score (nSPS) is 21.9. The van der Waals surface area contributed by atoms with Gasteiger partial charge < -0.3 is 20.5 Å². The van der Waals surface area contributed by atoms with Crippen molar-refractivity contribution in [1.29, 1.82) is 5.26 Å². The van der Waals surface area contributed by atoms with E-state index in [4.69, 9.17) is 27.9 Å². The Morgan fingerprint density at radius 1 is 1.14 bits per heavy atom. The number of aromatic carboxylic acids is 1. The summed E-state index contributed by atoms with van der Waals surface area (Å²) in [6, 6.07) is 12.3. The van der Waals surface area contributed by atoms with Gasteiger partial charge in [-0.15, -0.1) is 0 Å². The second-order valence-corrected chi connectivity index (χ2v) is 12.2. The summed E-state index contributed by atoms with van der Waals surface area (Å²) in [5, 5.41) is 26.1. The average Bonchev–Trinajstić information content (AvgIpc) is 3.23. The molecule has 1 aliphatic rings. The van der Waals surface area contributed by atoms with Crippen molar-refractivity contribution in [3.8, 4) is 11.8 Å². The zero-order valence-corrected chi connectivity index (χ0v) is 24.8. The molecule has 3 aromatic carbocycles. The number of carbonyl (C=O) groups excluding carboxylic acids is 1. The zero-order chi connectivity index (χ0) is 31.0. The monoisotopic (exact) mass is 615 g/mol. The summed E-state index contributed by atoms with van der Waals surface area (Å²) in [7, 11) is 1.32. The molecule has 42 heavy (non-hydrogen) atoms. The van der Waals surface area contributed by atoms with Crippen molar-refractivity contribution in [2.75, 3.05) is 12.4 Å². The molecule has 0 aliphatic carbocycles. The number of nitrogens with one attached hydrogen (secondary N) is 2. The van der Waals surface area contributed by atoms with Gasteiger partial charge in [0.25, 0.3) is 0 Å². The number of halogens is 4. The largest absolute Gasteiger partial charge is 0.495 e. The summed E-state index contributed by atoms with van der Waals surface area (Å²) in [5.74, 6) is -4.65. The Balaban J connectivity index is 1.95. The molecule has 1 aliphatic heterocycles. The Kier molecular flexibility index (Phi) is 8.84. The Morgan fingerprint density at radius 2 is 1.86 bits per heavy atom. The van der Waals surface area contributed by atoms with Crippen molar-refractivity contribution in [1.82, 2.24) is 5.32 Å². The quantitative estimate of drug-likeness (QED) is 0.265. The van der Waals surface area contributed by atoms with Gasteiger partial charge in [0.05, 0.1) is 35.5 Å². The second kappa shape index (κ2) is 11.9. The molecule has 0 radical (unpaired) electrons. The first kappa shape index (κ1) is 31.2. The maximum absolute atomic E-state index is 15.8. The van der Waals surface area contributed by atoms with Crippen molar-refractivity contribution in [3.63, 3.8) is 0 Å². The SMILES string of the molecule is COc1cc(C(=O)O)ccc1NC(=O)C1NC(CC(C)(C)C)[C@](C#N)(c2ccc(Cl)cc2F)C1c1cccc(Cl)c1F. The highest BCUT2D eigenvalue weighted by Gasteiger charge is 2.61. The van der Waals surface area contributed by atoms with E-state index in [2.05, 4.69) is 16.7 Å². The highest BCUT2D eigenvalue weighted by Crippen LogP contribution is 2.53. The Hall–Kier alpha value is -3.71. The number of methoxy groups -OCH3 is 1. The van der Waals surface area contributed by atoms with Crippen LogP contribution in [0.3, 0.4) is 0 Å². The molecule has 3 aromatic rings. The molecule has 1 saturated heterocycles. The smallest absolute Gasteiger partial charge is 0.335 e. The second-order valence-electron chi connectivity index (χ2n) is 11.4. The Labute approximate surface area is 252 Å². The summed E-state index contributed by atoms with van der Waals surface area (Å²) < 4.78 is 36.8. The van der Waals surface area contributed by atoms with E-state index in [9.17, 15) is 20.0 Å². The van der Waals surface area contributed by atoms with Crippen LogP contribution in [-0.4, -0.2) is 36.2 Å². The van der Waals surface area contributed by atoms with E-state index >= 15 is 8.78 Å². The number of benzene rings is 3. The van der Waals surface area contributed by atoms with Crippen LogP contribution in [0.1, 0.15) is 54.6 Å². The third-order valence-corrected chi connectivity index (χ3v) is 7.96. The summed E-state index contributed by atoms with van der Waals surface area (Å²) in [6.45, 7) is 5.81. The van der Waals surface area contributed by atoms with Gasteiger partial charge in [-0.25, -0.2) is 13.6 Å². The molecule has 0 bridgehead atoms. The van der Waals surface area contributed by atoms with Crippen LogP contribution < -0.4 is 15.4 Å². The third kappa shape index (κ3) is 5.80. The Morgan fingerprint density at radius 3 is 2.45 bits per heavy atom. The van der Waals surface area contributed by atoms with E-state index in [1.165, 1.54) is 55.6 Å². The lowest BCUT2D eigenvalue weighted by Crippen LogP contribution is -2.45. The molecule has 1 amide bonds. The molecule has 220 valence electrons. The molecule has 0 aromatic heterocycles. The number of nitrogens with zero attached hydrogens (tertiary/aromatic N) is 1. The topological polar surface area (TPSA) is 111 Å². The number of ether oxygens (including phenoxy) is 1. The number of hydrogen-bond acceptors (Lipinski definition) is 5. The maximum Gasteiger partial charge on any atom is 0.335 e. The van der Waals surface area contributed by atoms with Crippen LogP contribution in [0.2, 0.25) is 10.0 Å². The van der Waals surface area contributed by atoms with Gasteiger partial charge in [0, 0.05) is 22.5 Å². The molecule has 3 unspecified atom stereocenters. The number of nitriles is 1. The van der Waals surface area contributed by atoms with Crippen LogP contribution in [0.5, 0.6) is 5.75 Å². The van der Waals surface area contributed by atoms with Gasteiger partial charge in [-0.1, -0.05) is 62.2 Å². The van der Waals surface area contributed by atoms with Gasteiger partial charge in [-0.05, 0) is 53.8 Å². The molecule has 1 fully saturated rings. The minimum atomic E-state index is -1.78. The van der Waals surface area contributed by atoms with E-state index in [1.807, 2.05) is 20.8 Å². The standard InChI is InChI=1S/C31H29Cl2F2N3O4/c1-30(2,3)14-24-31(15-36,19-10-9-17(32)13-21(19)34)25(18-6-5-7-20(33)26(18)35)27(38-24)28(39)37-22-11-8-16(29(40)41)12-23(22)42-4/h5-13,24-25,27,38H,14H2,1-4H3,(H,37,39)(H,40,41)/t24?,25?,27?,31-/m0/s1. The molecule has 4 rings (SSSR count). The van der Waals surface area contributed by atoms with Gasteiger partial charge in [0.15, 0.2) is 0 Å². The number of carboxylic acids is 1. The van der Waals surface area contributed by atoms with Gasteiger partial charge in [0.2, 0.25) is 5.91 Å². The highest BCUT2D eigenvalue weighted by atomic mass is 35.5. The third-order valence-electron chi connectivity index (χ3n) is 7.44. The van der Waals surface area contributed by atoms with E-state index in [0.29, 0.717) is 6.42 Å². The predicted octanol–water partition coefficient (Wildman–Crippen LogP) is 6.94. The van der Waals surface area contributed by atoms with E-state index in [0.717, 1.165) is 6.07 Å². The van der Waals surface area contributed by atoms with Crippen LogP contribution >= 0.6 is 23.2 Å². The fraction of sp³-hybridized carbons (Fsp3) is 0.323. The first-order valence-electron chi connectivity index (χ1n) is 13.0. The molecule has 4 atom stereocenters. The Bertz CT molecular complexity index is 1590. The van der Waals surface area contributed by atoms with Crippen LogP contribution in [-0.2, 0) is 10.2 Å². The number of anilines is 1. The lowest BCUT2D eigenvalue weighted by Gasteiger charge is -2.37. The first-order chi connectivity index (χ1) is 19.7. The number of carboxylic acid groups (broad SMARTS) is 1. The van der Waals surface area contributed by atoms with Crippen LogP contribution in [0.4, 0.5) is 14.5 Å². The van der Waals surface area contributed by atoms with Crippen molar-refractivity contribution < 1.29 is 28.2 Å². The number of hydrogen-bond donors (Lipinski definition) is 3. The minimum Gasteiger partial charge on any atom is -0.495 e. The fourth-order valence-corrected chi connectivity index (χ4v) is 6.04. The van der Waals surface area contributed by atoms with E-state index < -0.39 is 52.3 Å². The average molecular weight is 616 g/mol. The lowest BCUT2D eigenvalue weighted by molar-refractivity contribution is -0.118. The van der Waals surface area contributed by atoms with E-state index in [-0.39, 0.29) is 38.2 Å². The van der Waals surface area contributed by atoms with Crippen molar-refractivity contribution in [2.24, 2.45) is 5.41 Å². The molecule has 11 heteroatoms. The summed E-state index contributed by atoms with van der Waals surface area (Å²) in [4.78, 5) is 25.5. The van der Waals surface area contributed by atoms with Gasteiger partial charge in [0.1, 0.15) is 22.8 Å². The molecule has 3 N–H and O–H groups in total.